The smallest absolute Gasteiger partial charge is 0.253 e. The minimum absolute atomic E-state index is 0.0178. The second kappa shape index (κ2) is 7.63. The lowest BCUT2D eigenvalue weighted by molar-refractivity contribution is -0.123. The Morgan fingerprint density at radius 2 is 1.81 bits per heavy atom. The van der Waals surface area contributed by atoms with Crippen LogP contribution in [0.3, 0.4) is 0 Å². The lowest BCUT2D eigenvalue weighted by Crippen LogP contribution is -2.41. The second-order valence-corrected chi connectivity index (χ2v) is 8.85. The number of nitrogens with zero attached hydrogens (tertiary/aromatic N) is 3. The van der Waals surface area contributed by atoms with Crippen molar-refractivity contribution in [3.63, 3.8) is 0 Å². The average Bonchev–Trinajstić information content (AvgIpc) is 3.18. The highest BCUT2D eigenvalue weighted by molar-refractivity contribution is 7.26. The molecule has 4 aromatic rings. The van der Waals surface area contributed by atoms with E-state index in [1.54, 1.807) is 16.2 Å². The summed E-state index contributed by atoms with van der Waals surface area (Å²) in [6.45, 7) is 1.10. The molecule has 1 aliphatic rings. The molecule has 0 spiro atoms. The molecule has 4 N–H and O–H groups in total. The number of benzene rings is 2. The van der Waals surface area contributed by atoms with Crippen LogP contribution in [-0.2, 0) is 4.79 Å². The largest absolute Gasteiger partial charge is 0.382 e. The molecule has 0 aliphatic carbocycles. The number of anilines is 1. The van der Waals surface area contributed by atoms with Gasteiger partial charge in [-0.3, -0.25) is 9.59 Å². The maximum absolute atomic E-state index is 13.0. The highest BCUT2D eigenvalue weighted by Crippen LogP contribution is 2.37. The molecule has 5 rings (SSSR count). The molecule has 0 bridgehead atoms. The number of carbonyl (C=O) groups is 2. The van der Waals surface area contributed by atoms with Gasteiger partial charge in [0.2, 0.25) is 5.91 Å². The van der Waals surface area contributed by atoms with Crippen molar-refractivity contribution in [3.8, 4) is 11.1 Å². The molecule has 0 unspecified atom stereocenters. The van der Waals surface area contributed by atoms with Crippen molar-refractivity contribution in [1.29, 1.82) is 0 Å². The van der Waals surface area contributed by atoms with Crippen LogP contribution in [0.2, 0.25) is 0 Å². The first-order valence-corrected chi connectivity index (χ1v) is 10.9. The van der Waals surface area contributed by atoms with Gasteiger partial charge in [0.05, 0.1) is 10.2 Å². The third-order valence-electron chi connectivity index (χ3n) is 5.91. The minimum Gasteiger partial charge on any atom is -0.382 e. The third kappa shape index (κ3) is 3.48. The van der Waals surface area contributed by atoms with Gasteiger partial charge >= 0.3 is 0 Å². The Morgan fingerprint density at radius 3 is 2.58 bits per heavy atom. The number of primary amides is 1. The molecule has 31 heavy (non-hydrogen) atoms. The average molecular weight is 432 g/mol. The molecule has 1 aliphatic heterocycles. The number of fused-ring (bicyclic) bond motifs is 3. The zero-order valence-electron chi connectivity index (χ0n) is 16.7. The molecule has 0 saturated carbocycles. The van der Waals surface area contributed by atoms with Crippen molar-refractivity contribution < 1.29 is 9.59 Å². The van der Waals surface area contributed by atoms with Crippen LogP contribution in [0.1, 0.15) is 23.2 Å². The lowest BCUT2D eigenvalue weighted by atomic mass is 9.95. The number of nitrogens with two attached hydrogens (primary N) is 2. The van der Waals surface area contributed by atoms with Crippen LogP contribution in [-0.4, -0.2) is 39.8 Å². The Morgan fingerprint density at radius 1 is 1.03 bits per heavy atom. The van der Waals surface area contributed by atoms with E-state index in [1.807, 2.05) is 36.4 Å². The number of hydrogen-bond donors (Lipinski definition) is 2. The lowest BCUT2D eigenvalue weighted by Gasteiger charge is -2.30. The zero-order chi connectivity index (χ0) is 21.5. The van der Waals surface area contributed by atoms with E-state index in [9.17, 15) is 9.59 Å². The second-order valence-electron chi connectivity index (χ2n) is 7.80. The highest BCUT2D eigenvalue weighted by atomic mass is 32.1. The van der Waals surface area contributed by atoms with E-state index in [0.29, 0.717) is 37.3 Å². The summed E-state index contributed by atoms with van der Waals surface area (Å²) >= 11 is 1.57. The topological polar surface area (TPSA) is 115 Å². The molecular formula is C23H21N5O2S. The van der Waals surface area contributed by atoms with Crippen LogP contribution in [0.4, 0.5) is 5.82 Å². The Bertz CT molecular complexity index is 1320. The first kappa shape index (κ1) is 19.4. The standard InChI is InChI=1S/C23H21N5O2S/c24-21-20-19(26-12-27-21)17-5-4-15(11-18(17)31-20)14-2-1-3-16(10-14)23(30)28-8-6-13(7-9-28)22(25)29/h1-5,10-13H,6-9H2,(H2,25,29)(H2,24,26,27). The van der Waals surface area contributed by atoms with E-state index in [1.165, 1.54) is 6.33 Å². The molecule has 156 valence electrons. The van der Waals surface area contributed by atoms with E-state index >= 15 is 0 Å². The van der Waals surface area contributed by atoms with E-state index < -0.39 is 0 Å². The molecule has 0 radical (unpaired) electrons. The van der Waals surface area contributed by atoms with Gasteiger partial charge in [-0.25, -0.2) is 9.97 Å². The molecule has 1 saturated heterocycles. The maximum Gasteiger partial charge on any atom is 0.253 e. The maximum atomic E-state index is 13.0. The Hall–Kier alpha value is -3.52. The number of rotatable bonds is 3. The molecule has 2 aromatic carbocycles. The van der Waals surface area contributed by atoms with Gasteiger partial charge in [0.15, 0.2) is 0 Å². The van der Waals surface area contributed by atoms with Crippen LogP contribution in [0.15, 0.2) is 48.8 Å². The number of thiophene rings is 1. The Balaban J connectivity index is 1.44. The Kier molecular flexibility index (Phi) is 4.78. The summed E-state index contributed by atoms with van der Waals surface area (Å²) in [4.78, 5) is 34.6. The summed E-state index contributed by atoms with van der Waals surface area (Å²) < 4.78 is 1.96. The third-order valence-corrected chi connectivity index (χ3v) is 7.07. The van der Waals surface area contributed by atoms with Crippen LogP contribution in [0, 0.1) is 5.92 Å². The van der Waals surface area contributed by atoms with Gasteiger partial charge in [-0.1, -0.05) is 24.3 Å². The van der Waals surface area contributed by atoms with E-state index in [0.717, 1.165) is 31.4 Å². The minimum atomic E-state index is -0.279. The van der Waals surface area contributed by atoms with Crippen molar-refractivity contribution in [2.75, 3.05) is 18.8 Å². The van der Waals surface area contributed by atoms with Crippen molar-refractivity contribution in [2.45, 2.75) is 12.8 Å². The number of amides is 2. The van der Waals surface area contributed by atoms with Gasteiger partial charge in [-0.05, 0) is 42.2 Å². The molecule has 8 heteroatoms. The number of likely N-dealkylation sites (tertiary alicyclic amines) is 1. The fourth-order valence-corrected chi connectivity index (χ4v) is 5.25. The summed E-state index contributed by atoms with van der Waals surface area (Å²) in [5.41, 5.74) is 14.9. The summed E-state index contributed by atoms with van der Waals surface area (Å²) in [7, 11) is 0. The molecule has 0 atom stereocenters. The highest BCUT2D eigenvalue weighted by Gasteiger charge is 2.26. The van der Waals surface area contributed by atoms with Crippen molar-refractivity contribution >= 4 is 49.3 Å². The quantitative estimate of drug-likeness (QED) is 0.516. The monoisotopic (exact) mass is 431 g/mol. The molecule has 1 fully saturated rings. The summed E-state index contributed by atoms with van der Waals surface area (Å²) in [5.74, 6) is 0.0526. The molecule has 3 heterocycles. The molecule has 2 amide bonds. The fraction of sp³-hybridized carbons (Fsp3) is 0.217. The van der Waals surface area contributed by atoms with Gasteiger partial charge in [-0.15, -0.1) is 11.3 Å². The molecule has 2 aromatic heterocycles. The first-order chi connectivity index (χ1) is 15.0. The van der Waals surface area contributed by atoms with Gasteiger partial charge in [-0.2, -0.15) is 0 Å². The van der Waals surface area contributed by atoms with E-state index in [-0.39, 0.29) is 17.7 Å². The predicted molar refractivity (Wildman–Crippen MR) is 123 cm³/mol. The summed E-state index contributed by atoms with van der Waals surface area (Å²) in [5, 5.41) is 1.04. The van der Waals surface area contributed by atoms with E-state index in [2.05, 4.69) is 16.0 Å². The Labute approximate surface area is 182 Å². The summed E-state index contributed by atoms with van der Waals surface area (Å²) in [6, 6.07) is 13.8. The number of nitrogen functional groups attached to an aromatic ring is 1. The zero-order valence-corrected chi connectivity index (χ0v) is 17.6. The van der Waals surface area contributed by atoms with Crippen LogP contribution in [0.5, 0.6) is 0 Å². The summed E-state index contributed by atoms with van der Waals surface area (Å²) in [6.07, 6.45) is 2.73. The number of aromatic nitrogens is 2. The van der Waals surface area contributed by atoms with E-state index in [4.69, 9.17) is 11.5 Å². The van der Waals surface area contributed by atoms with Crippen LogP contribution >= 0.6 is 11.3 Å². The van der Waals surface area contributed by atoms with Gasteiger partial charge in [0, 0.05) is 34.7 Å². The SMILES string of the molecule is NC(=O)C1CCN(C(=O)c2cccc(-c3ccc4c(c3)sc3c(N)ncnc34)c2)CC1. The molecular weight excluding hydrogens is 410 g/mol. The number of hydrogen-bond acceptors (Lipinski definition) is 6. The van der Waals surface area contributed by atoms with Gasteiger partial charge < -0.3 is 16.4 Å². The van der Waals surface area contributed by atoms with Crippen LogP contribution in [0.25, 0.3) is 31.4 Å². The van der Waals surface area contributed by atoms with Gasteiger partial charge in [0.1, 0.15) is 12.1 Å². The van der Waals surface area contributed by atoms with Crippen molar-refractivity contribution in [3.05, 3.63) is 54.4 Å². The fourth-order valence-electron chi connectivity index (χ4n) is 4.15. The number of carbonyl (C=O) groups excluding carboxylic acids is 2. The van der Waals surface area contributed by atoms with Crippen LogP contribution < -0.4 is 11.5 Å². The molecule has 7 nitrogen and oxygen atoms in total. The van der Waals surface area contributed by atoms with Gasteiger partial charge in [0.25, 0.3) is 5.91 Å². The van der Waals surface area contributed by atoms with Crippen molar-refractivity contribution in [2.24, 2.45) is 11.7 Å². The predicted octanol–water partition coefficient (Wildman–Crippen LogP) is 3.43. The van der Waals surface area contributed by atoms with Crippen molar-refractivity contribution in [1.82, 2.24) is 14.9 Å². The normalized spacial score (nSPS) is 14.9. The number of piperidine rings is 1. The first-order valence-electron chi connectivity index (χ1n) is 10.1.